The van der Waals surface area contributed by atoms with Crippen molar-refractivity contribution in [2.24, 2.45) is 52.3 Å². The average Bonchev–Trinajstić information content (AvgIpc) is 3.15. The van der Waals surface area contributed by atoms with Crippen molar-refractivity contribution in [2.45, 2.75) is 118 Å². The second-order valence-electron chi connectivity index (χ2n) is 15.6. The van der Waals surface area contributed by atoms with Crippen LogP contribution >= 0.6 is 0 Å². The Bertz CT molecular complexity index is 859. The van der Waals surface area contributed by atoms with Crippen molar-refractivity contribution >= 4 is 5.91 Å². The van der Waals surface area contributed by atoms with Crippen molar-refractivity contribution < 1.29 is 14.4 Å². The molecule has 3 saturated carbocycles. The molecule has 1 amide bonds. The number of quaternary nitrogens is 1. The number of aliphatic hydroxyl groups excluding tert-OH is 1. The first-order valence-corrected chi connectivity index (χ1v) is 15.7. The van der Waals surface area contributed by atoms with Gasteiger partial charge in [0.1, 0.15) is 0 Å². The van der Waals surface area contributed by atoms with Crippen molar-refractivity contribution in [3.63, 3.8) is 0 Å². The molecule has 212 valence electrons. The van der Waals surface area contributed by atoms with Gasteiger partial charge < -0.3 is 14.9 Å². The van der Waals surface area contributed by atoms with Crippen molar-refractivity contribution in [1.82, 2.24) is 5.32 Å². The zero-order valence-corrected chi connectivity index (χ0v) is 25.6. The van der Waals surface area contributed by atoms with Crippen molar-refractivity contribution in [1.29, 1.82) is 0 Å². The van der Waals surface area contributed by atoms with Crippen LogP contribution in [0.4, 0.5) is 0 Å². The summed E-state index contributed by atoms with van der Waals surface area (Å²) in [5.41, 5.74) is 1.70. The Morgan fingerprint density at radius 2 is 1.78 bits per heavy atom. The molecule has 0 heterocycles. The van der Waals surface area contributed by atoms with Crippen LogP contribution in [-0.2, 0) is 4.79 Å². The second-order valence-corrected chi connectivity index (χ2v) is 15.6. The van der Waals surface area contributed by atoms with E-state index in [1.54, 1.807) is 0 Å². The number of amides is 1. The number of allylic oxidation sites excluding steroid dienone is 1. The van der Waals surface area contributed by atoms with Gasteiger partial charge in [-0.1, -0.05) is 65.5 Å². The number of fused-ring (bicyclic) bond motifs is 5. The molecule has 2 N–H and O–H groups in total. The van der Waals surface area contributed by atoms with Crippen LogP contribution in [0.25, 0.3) is 0 Å². The van der Waals surface area contributed by atoms with Crippen LogP contribution in [0.3, 0.4) is 0 Å². The monoisotopic (exact) mass is 515 g/mol. The lowest BCUT2D eigenvalue weighted by molar-refractivity contribution is -0.896. The Morgan fingerprint density at radius 3 is 2.43 bits per heavy atom. The maximum atomic E-state index is 13.9. The number of hydrogen-bond donors (Lipinski definition) is 2. The van der Waals surface area contributed by atoms with Gasteiger partial charge in [-0.15, -0.1) is 0 Å². The molecule has 0 spiro atoms. The quantitative estimate of drug-likeness (QED) is 0.213. The minimum absolute atomic E-state index is 0.0457. The van der Waals surface area contributed by atoms with Gasteiger partial charge in [-0.25, -0.2) is 0 Å². The number of carbonyl (C=O) groups is 1. The number of nitrogens with zero attached hydrogens (tertiary/aromatic N) is 1. The zero-order chi connectivity index (χ0) is 27.3. The number of aliphatic hydroxyl groups is 1. The van der Waals surface area contributed by atoms with Crippen molar-refractivity contribution in [3.05, 3.63) is 11.6 Å². The molecular formula is C33H59N2O2+. The molecule has 3 fully saturated rings. The largest absolute Gasteiger partial charge is 0.393 e. The van der Waals surface area contributed by atoms with Gasteiger partial charge in [0.15, 0.2) is 6.17 Å². The van der Waals surface area contributed by atoms with E-state index in [1.807, 2.05) is 0 Å². The molecule has 0 aromatic carbocycles. The highest BCUT2D eigenvalue weighted by molar-refractivity contribution is 5.80. The molecule has 0 aromatic rings. The summed E-state index contributed by atoms with van der Waals surface area (Å²) in [4.78, 5) is 13.9. The highest BCUT2D eigenvalue weighted by Crippen LogP contribution is 2.68. The summed E-state index contributed by atoms with van der Waals surface area (Å²) < 4.78 is 0.698. The first-order valence-electron chi connectivity index (χ1n) is 15.7. The minimum atomic E-state index is -0.400. The molecule has 4 aliphatic rings. The third kappa shape index (κ3) is 5.32. The van der Waals surface area contributed by atoms with E-state index in [0.29, 0.717) is 28.2 Å². The van der Waals surface area contributed by atoms with E-state index in [9.17, 15) is 9.90 Å². The minimum Gasteiger partial charge on any atom is -0.393 e. The Balaban J connectivity index is 1.56. The normalized spacial score (nSPS) is 41.3. The SMILES string of the molecule is CC(C)CCC[C@@H](C)[C@H]1CC[C@H]2[C@@H]3CC=C4C[C@@H](O)CC(C(=O)NC(C)[N+](C)(C)C)[C@]4(C)[C@H]3CC[C@]12C. The second kappa shape index (κ2) is 10.6. The molecule has 4 aliphatic carbocycles. The molecule has 10 atom stereocenters. The lowest BCUT2D eigenvalue weighted by Crippen LogP contribution is -2.60. The Labute approximate surface area is 228 Å². The van der Waals surface area contributed by atoms with Crippen molar-refractivity contribution in [3.8, 4) is 0 Å². The predicted octanol–water partition coefficient (Wildman–Crippen LogP) is 6.78. The summed E-state index contributed by atoms with van der Waals surface area (Å²) in [7, 11) is 6.39. The highest BCUT2D eigenvalue weighted by atomic mass is 16.3. The lowest BCUT2D eigenvalue weighted by atomic mass is 9.44. The maximum absolute atomic E-state index is 13.9. The fraction of sp³-hybridized carbons (Fsp3) is 0.909. The predicted molar refractivity (Wildman–Crippen MR) is 154 cm³/mol. The fourth-order valence-corrected chi connectivity index (χ4v) is 9.64. The molecule has 0 aliphatic heterocycles. The highest BCUT2D eigenvalue weighted by Gasteiger charge is 2.62. The van der Waals surface area contributed by atoms with Crippen LogP contribution < -0.4 is 5.32 Å². The number of rotatable bonds is 8. The van der Waals surface area contributed by atoms with Crippen LogP contribution in [0, 0.1) is 52.3 Å². The van der Waals surface area contributed by atoms with Crippen LogP contribution in [0.15, 0.2) is 11.6 Å². The Kier molecular flexibility index (Phi) is 8.34. The average molecular weight is 516 g/mol. The van der Waals surface area contributed by atoms with Crippen LogP contribution in [0.5, 0.6) is 0 Å². The molecule has 4 nitrogen and oxygen atoms in total. The summed E-state index contributed by atoms with van der Waals surface area (Å²) in [5.74, 6) is 4.51. The summed E-state index contributed by atoms with van der Waals surface area (Å²) in [6, 6.07) is 0. The van der Waals surface area contributed by atoms with E-state index in [2.05, 4.69) is 74.1 Å². The first kappa shape index (κ1) is 29.1. The Morgan fingerprint density at radius 1 is 1.08 bits per heavy atom. The lowest BCUT2D eigenvalue weighted by Gasteiger charge is -2.60. The van der Waals surface area contributed by atoms with E-state index in [1.165, 1.54) is 50.5 Å². The smallest absolute Gasteiger partial charge is 0.228 e. The van der Waals surface area contributed by atoms with Gasteiger partial charge in [0.05, 0.1) is 27.2 Å². The third-order valence-electron chi connectivity index (χ3n) is 12.3. The molecule has 37 heavy (non-hydrogen) atoms. The van der Waals surface area contributed by atoms with E-state index in [4.69, 9.17) is 0 Å². The van der Waals surface area contributed by atoms with Gasteiger partial charge in [0.25, 0.3) is 0 Å². The van der Waals surface area contributed by atoms with Crippen LogP contribution in [0.2, 0.25) is 0 Å². The van der Waals surface area contributed by atoms with Gasteiger partial charge >= 0.3 is 0 Å². The molecule has 4 rings (SSSR count). The number of hydrogen-bond acceptors (Lipinski definition) is 2. The van der Waals surface area contributed by atoms with Crippen LogP contribution in [-0.4, -0.2) is 48.9 Å². The van der Waals surface area contributed by atoms with Gasteiger partial charge in [0, 0.05) is 18.3 Å². The maximum Gasteiger partial charge on any atom is 0.228 e. The molecule has 0 saturated heterocycles. The van der Waals surface area contributed by atoms with E-state index in [0.717, 1.165) is 36.5 Å². The molecule has 2 unspecified atom stereocenters. The summed E-state index contributed by atoms with van der Waals surface area (Å²) in [6.07, 6.45) is 14.1. The standard InChI is InChI=1S/C33H58N2O2/c1-21(2)11-10-12-22(3)27-15-16-28-26-14-13-24-19-25(36)20-30(31(37)34-23(4)35(7,8)9)33(24,6)29(26)17-18-32(27,28)5/h13,21-23,25-30,36H,10-12,14-20H2,1-9H3/p+1/t22-,23?,25-,26+,27-,28+,29+,30?,32-,33+/m1/s1. The first-order chi connectivity index (χ1) is 17.2. The van der Waals surface area contributed by atoms with Gasteiger partial charge in [-0.3, -0.25) is 4.79 Å². The van der Waals surface area contributed by atoms with Gasteiger partial charge in [-0.2, -0.15) is 0 Å². The van der Waals surface area contributed by atoms with Gasteiger partial charge in [-0.05, 0) is 85.9 Å². The summed E-state index contributed by atoms with van der Waals surface area (Å²) in [5, 5.41) is 14.2. The van der Waals surface area contributed by atoms with E-state index >= 15 is 0 Å². The number of carbonyl (C=O) groups excluding carboxylic acids is 1. The van der Waals surface area contributed by atoms with Crippen molar-refractivity contribution in [2.75, 3.05) is 21.1 Å². The third-order valence-corrected chi connectivity index (χ3v) is 12.3. The van der Waals surface area contributed by atoms with E-state index in [-0.39, 0.29) is 23.4 Å². The topological polar surface area (TPSA) is 49.3 Å². The van der Waals surface area contributed by atoms with E-state index < -0.39 is 6.10 Å². The van der Waals surface area contributed by atoms with Gasteiger partial charge in [0.2, 0.25) is 5.91 Å². The summed E-state index contributed by atoms with van der Waals surface area (Å²) in [6.45, 7) is 14.4. The Hall–Kier alpha value is -0.870. The van der Waals surface area contributed by atoms with Crippen LogP contribution in [0.1, 0.15) is 106 Å². The molecule has 0 radical (unpaired) electrons. The summed E-state index contributed by atoms with van der Waals surface area (Å²) >= 11 is 0. The molecule has 4 heteroatoms. The number of nitrogens with one attached hydrogen (secondary N) is 1. The molecule has 0 bridgehead atoms. The zero-order valence-electron chi connectivity index (χ0n) is 25.6. The molecular weight excluding hydrogens is 456 g/mol. The molecule has 0 aromatic heterocycles. The fourth-order valence-electron chi connectivity index (χ4n) is 9.64.